The van der Waals surface area contributed by atoms with Gasteiger partial charge in [-0.2, -0.15) is 5.26 Å². The molecule has 0 spiro atoms. The maximum Gasteiger partial charge on any atom is 0.347 e. The van der Waals surface area contributed by atoms with Gasteiger partial charge >= 0.3 is 5.97 Å². The van der Waals surface area contributed by atoms with Crippen molar-refractivity contribution >= 4 is 5.97 Å². The predicted octanol–water partition coefficient (Wildman–Crippen LogP) is 5.86. The number of ether oxygens (including phenoxy) is 1. The first-order chi connectivity index (χ1) is 18.6. The molecule has 0 bridgehead atoms. The molecule has 0 aliphatic carbocycles. The highest BCUT2D eigenvalue weighted by atomic mass is 16.5. The van der Waals surface area contributed by atoms with E-state index in [1.807, 2.05) is 55.5 Å². The molecule has 0 atom stereocenters. The van der Waals surface area contributed by atoms with Gasteiger partial charge < -0.3 is 9.84 Å². The van der Waals surface area contributed by atoms with Gasteiger partial charge in [0.2, 0.25) is 0 Å². The first-order valence-corrected chi connectivity index (χ1v) is 12.9. The van der Waals surface area contributed by atoms with E-state index in [2.05, 4.69) is 6.07 Å². The third-order valence-electron chi connectivity index (χ3n) is 6.57. The van der Waals surface area contributed by atoms with Crippen molar-refractivity contribution in [3.63, 3.8) is 0 Å². The minimum atomic E-state index is -1.39. The molecule has 0 aliphatic heterocycles. The number of aliphatic carboxylic acids is 1. The second-order valence-electron chi connectivity index (χ2n) is 9.92. The maximum atomic E-state index is 13.9. The van der Waals surface area contributed by atoms with Crippen molar-refractivity contribution < 1.29 is 14.6 Å². The number of aryl methyl sites for hydroxylation is 2. The van der Waals surface area contributed by atoms with Crippen molar-refractivity contribution in [3.05, 3.63) is 111 Å². The van der Waals surface area contributed by atoms with Gasteiger partial charge in [-0.15, -0.1) is 0 Å². The lowest BCUT2D eigenvalue weighted by molar-refractivity contribution is -0.152. The van der Waals surface area contributed by atoms with Crippen molar-refractivity contribution in [2.75, 3.05) is 0 Å². The SMILES string of the molecule is CCCc1nc(C)n(-c2ccc(OC(C)(C)C(=O)O)cc2)c(=O)c1Cc1ccc(-c2ccccc2)c(C#N)c1. The molecule has 1 heterocycles. The Morgan fingerprint density at radius 1 is 1.08 bits per heavy atom. The van der Waals surface area contributed by atoms with Crippen molar-refractivity contribution in [1.82, 2.24) is 9.55 Å². The number of carboxylic acid groups (broad SMARTS) is 1. The van der Waals surface area contributed by atoms with Crippen LogP contribution in [0.5, 0.6) is 5.75 Å². The topological polar surface area (TPSA) is 105 Å². The molecular weight excluding hydrogens is 490 g/mol. The van der Waals surface area contributed by atoms with Crippen LogP contribution < -0.4 is 10.3 Å². The van der Waals surface area contributed by atoms with Crippen LogP contribution in [0.25, 0.3) is 16.8 Å². The van der Waals surface area contributed by atoms with E-state index in [-0.39, 0.29) is 5.56 Å². The van der Waals surface area contributed by atoms with E-state index in [0.717, 1.165) is 28.8 Å². The van der Waals surface area contributed by atoms with Gasteiger partial charge in [0, 0.05) is 12.0 Å². The molecule has 4 rings (SSSR count). The van der Waals surface area contributed by atoms with Crippen LogP contribution >= 0.6 is 0 Å². The average Bonchev–Trinajstić information content (AvgIpc) is 2.92. The monoisotopic (exact) mass is 521 g/mol. The standard InChI is InChI=1S/C32H31N3O4/c1-5-9-29-28(19-22-12-17-27(24(18-22)20-33)23-10-7-6-8-11-23)30(36)35(21(2)34-29)25-13-15-26(16-14-25)39-32(3,4)31(37)38/h6-8,10-18H,5,9,19H2,1-4H3,(H,37,38). The van der Waals surface area contributed by atoms with Crippen molar-refractivity contribution in [1.29, 1.82) is 5.26 Å². The highest BCUT2D eigenvalue weighted by Crippen LogP contribution is 2.26. The van der Waals surface area contributed by atoms with E-state index in [1.54, 1.807) is 35.8 Å². The van der Waals surface area contributed by atoms with Gasteiger partial charge in [0.25, 0.3) is 5.56 Å². The molecule has 0 amide bonds. The fourth-order valence-electron chi connectivity index (χ4n) is 4.51. The van der Waals surface area contributed by atoms with Crippen LogP contribution in [-0.4, -0.2) is 26.2 Å². The predicted molar refractivity (Wildman–Crippen MR) is 150 cm³/mol. The van der Waals surface area contributed by atoms with Gasteiger partial charge in [-0.1, -0.05) is 55.8 Å². The van der Waals surface area contributed by atoms with Crippen LogP contribution in [0.3, 0.4) is 0 Å². The first kappa shape index (κ1) is 27.3. The van der Waals surface area contributed by atoms with Crippen LogP contribution in [-0.2, 0) is 17.6 Å². The summed E-state index contributed by atoms with van der Waals surface area (Å²) in [6.07, 6.45) is 1.85. The van der Waals surface area contributed by atoms with E-state index < -0.39 is 11.6 Å². The quantitative estimate of drug-likeness (QED) is 0.296. The number of hydrogen-bond donors (Lipinski definition) is 1. The molecule has 0 saturated heterocycles. The number of carboxylic acids is 1. The summed E-state index contributed by atoms with van der Waals surface area (Å²) in [4.78, 5) is 30.1. The Morgan fingerprint density at radius 2 is 1.77 bits per heavy atom. The van der Waals surface area contributed by atoms with Gasteiger partial charge in [0.15, 0.2) is 5.60 Å². The van der Waals surface area contributed by atoms with Gasteiger partial charge in [0.05, 0.1) is 23.0 Å². The van der Waals surface area contributed by atoms with Crippen molar-refractivity contribution in [3.8, 4) is 28.6 Å². The highest BCUT2D eigenvalue weighted by Gasteiger charge is 2.29. The molecule has 0 saturated carbocycles. The molecule has 0 fully saturated rings. The van der Waals surface area contributed by atoms with E-state index in [0.29, 0.717) is 41.2 Å². The summed E-state index contributed by atoms with van der Waals surface area (Å²) in [7, 11) is 0. The normalized spacial score (nSPS) is 11.2. The summed E-state index contributed by atoms with van der Waals surface area (Å²) in [6.45, 7) is 6.80. The third-order valence-corrected chi connectivity index (χ3v) is 6.57. The lowest BCUT2D eigenvalue weighted by Crippen LogP contribution is -2.37. The van der Waals surface area contributed by atoms with Gasteiger partial charge in [-0.3, -0.25) is 9.36 Å². The number of hydrogen-bond acceptors (Lipinski definition) is 5. The van der Waals surface area contributed by atoms with E-state index in [4.69, 9.17) is 9.72 Å². The number of aromatic nitrogens is 2. The lowest BCUT2D eigenvalue weighted by atomic mass is 9.95. The number of benzene rings is 3. The van der Waals surface area contributed by atoms with Crippen LogP contribution in [0, 0.1) is 18.3 Å². The summed E-state index contributed by atoms with van der Waals surface area (Å²) in [5.41, 5.74) is 3.62. The molecular formula is C32H31N3O4. The fourth-order valence-corrected chi connectivity index (χ4v) is 4.51. The smallest absolute Gasteiger partial charge is 0.347 e. The van der Waals surface area contributed by atoms with Gasteiger partial charge in [-0.25, -0.2) is 9.78 Å². The molecule has 7 heteroatoms. The van der Waals surface area contributed by atoms with E-state index >= 15 is 0 Å². The lowest BCUT2D eigenvalue weighted by Gasteiger charge is -2.22. The zero-order chi connectivity index (χ0) is 28.2. The Kier molecular flexibility index (Phi) is 7.96. The third kappa shape index (κ3) is 5.91. The van der Waals surface area contributed by atoms with Crippen molar-refractivity contribution in [2.45, 2.75) is 52.6 Å². The Hall–Kier alpha value is -4.70. The number of nitrogens with zero attached hydrogens (tertiary/aromatic N) is 3. The molecule has 1 aromatic heterocycles. The molecule has 4 aromatic rings. The van der Waals surface area contributed by atoms with Gasteiger partial charge in [0.1, 0.15) is 11.6 Å². The molecule has 39 heavy (non-hydrogen) atoms. The molecule has 3 aromatic carbocycles. The number of carbonyl (C=O) groups is 1. The van der Waals surface area contributed by atoms with Crippen LogP contribution in [0.15, 0.2) is 77.6 Å². The number of nitriles is 1. The summed E-state index contributed by atoms with van der Waals surface area (Å²) >= 11 is 0. The Labute approximate surface area is 228 Å². The second kappa shape index (κ2) is 11.4. The Balaban J connectivity index is 1.73. The second-order valence-corrected chi connectivity index (χ2v) is 9.92. The summed E-state index contributed by atoms with van der Waals surface area (Å²) in [5.74, 6) is -0.130. The maximum absolute atomic E-state index is 13.9. The number of rotatable bonds is 9. The largest absolute Gasteiger partial charge is 0.478 e. The molecule has 0 aliphatic rings. The first-order valence-electron chi connectivity index (χ1n) is 12.9. The van der Waals surface area contributed by atoms with E-state index in [9.17, 15) is 20.0 Å². The molecule has 1 N–H and O–H groups in total. The molecule has 7 nitrogen and oxygen atoms in total. The van der Waals surface area contributed by atoms with Crippen LogP contribution in [0.1, 0.15) is 55.4 Å². The average molecular weight is 522 g/mol. The Bertz CT molecular complexity index is 1600. The highest BCUT2D eigenvalue weighted by molar-refractivity contribution is 5.76. The summed E-state index contributed by atoms with van der Waals surface area (Å²) < 4.78 is 7.16. The molecule has 0 radical (unpaired) electrons. The summed E-state index contributed by atoms with van der Waals surface area (Å²) in [6, 6.07) is 24.5. The van der Waals surface area contributed by atoms with E-state index in [1.165, 1.54) is 13.8 Å². The zero-order valence-corrected chi connectivity index (χ0v) is 22.6. The minimum absolute atomic E-state index is 0.170. The zero-order valence-electron chi connectivity index (χ0n) is 22.6. The van der Waals surface area contributed by atoms with Crippen LogP contribution in [0.2, 0.25) is 0 Å². The minimum Gasteiger partial charge on any atom is -0.478 e. The van der Waals surface area contributed by atoms with Crippen LogP contribution in [0.4, 0.5) is 0 Å². The molecule has 0 unspecified atom stereocenters. The van der Waals surface area contributed by atoms with Crippen molar-refractivity contribution in [2.24, 2.45) is 0 Å². The fraction of sp³-hybridized carbons (Fsp3) is 0.250. The summed E-state index contributed by atoms with van der Waals surface area (Å²) in [5, 5.41) is 19.2. The molecule has 198 valence electrons. The van der Waals surface area contributed by atoms with Gasteiger partial charge in [-0.05, 0) is 74.2 Å². The Morgan fingerprint density at radius 3 is 2.38 bits per heavy atom.